The smallest absolute Gasteiger partial charge is 0.255 e. The van der Waals surface area contributed by atoms with Gasteiger partial charge in [0.15, 0.2) is 5.78 Å². The maximum Gasteiger partial charge on any atom is 0.255 e. The van der Waals surface area contributed by atoms with Crippen LogP contribution in [0.1, 0.15) is 65.6 Å². The van der Waals surface area contributed by atoms with Crippen LogP contribution in [0.15, 0.2) is 42.5 Å². The van der Waals surface area contributed by atoms with Crippen molar-refractivity contribution in [3.8, 4) is 5.75 Å². The molecule has 1 unspecified atom stereocenters. The molecule has 2 heterocycles. The number of carbonyl (C=O) groups excluding carboxylic acids is 3. The minimum absolute atomic E-state index is 0.0358. The Hall–Kier alpha value is -2.99. The zero-order valence-electron chi connectivity index (χ0n) is 18.9. The number of Topliss-reactive ketones (excluding diaryl/α,β-unsaturated/α-hetero) is 2. The third kappa shape index (κ3) is 4.71. The fraction of sp³-hybridized carbons (Fsp3) is 0.444. The minimum atomic E-state index is -0.511. The Bertz CT molecular complexity index is 1060. The van der Waals surface area contributed by atoms with Gasteiger partial charge in [0.25, 0.3) is 5.91 Å². The zero-order chi connectivity index (χ0) is 22.8. The third-order valence-corrected chi connectivity index (χ3v) is 7.04. The lowest BCUT2D eigenvalue weighted by molar-refractivity contribution is -0.133. The van der Waals surface area contributed by atoms with Gasteiger partial charge in [0, 0.05) is 24.1 Å². The molecule has 6 heteroatoms. The summed E-state index contributed by atoms with van der Waals surface area (Å²) in [4.78, 5) is 41.1. The lowest BCUT2D eigenvalue weighted by Crippen LogP contribution is -2.44. The topological polar surface area (TPSA) is 66.9 Å². The minimum Gasteiger partial charge on any atom is -0.489 e. The fourth-order valence-electron chi connectivity index (χ4n) is 5.18. The molecule has 1 saturated heterocycles. The van der Waals surface area contributed by atoms with Crippen molar-refractivity contribution in [2.45, 2.75) is 64.3 Å². The van der Waals surface area contributed by atoms with Gasteiger partial charge in [0.2, 0.25) is 0 Å². The average molecular weight is 447 g/mol. The second-order valence-corrected chi connectivity index (χ2v) is 9.39. The number of benzene rings is 2. The molecule has 1 atom stereocenters. The number of hydrogen-bond donors (Lipinski definition) is 0. The average Bonchev–Trinajstić information content (AvgIpc) is 3.16. The lowest BCUT2D eigenvalue weighted by Gasteiger charge is -2.29. The number of ketones is 2. The Balaban J connectivity index is 1.23. The molecule has 0 radical (unpaired) electrons. The molecule has 1 aliphatic carbocycles. The second-order valence-electron chi connectivity index (χ2n) is 9.39. The number of carbonyl (C=O) groups is 3. The SMILES string of the molecule is O=C1CCC(N2Cc3c(OCc4ccc(CN5CCCCC5)cc4)cccc3C2=O)C(=O)C1. The van der Waals surface area contributed by atoms with Gasteiger partial charge in [-0.25, -0.2) is 0 Å². The monoisotopic (exact) mass is 446 g/mol. The normalized spacial score (nSPS) is 21.4. The van der Waals surface area contributed by atoms with Crippen LogP contribution in [-0.4, -0.2) is 46.4 Å². The molecule has 6 nitrogen and oxygen atoms in total. The van der Waals surface area contributed by atoms with E-state index < -0.39 is 6.04 Å². The van der Waals surface area contributed by atoms with E-state index in [-0.39, 0.29) is 23.9 Å². The van der Waals surface area contributed by atoms with Crippen LogP contribution < -0.4 is 4.74 Å². The first kappa shape index (κ1) is 21.8. The molecule has 2 aliphatic heterocycles. The Labute approximate surface area is 194 Å². The standard InChI is InChI=1S/C27H30N2O4/c30-21-11-12-24(25(31)15-21)29-17-23-22(27(29)32)5-4-6-26(23)33-18-20-9-7-19(8-10-20)16-28-13-2-1-3-14-28/h4-10,24H,1-3,11-18H2. The van der Waals surface area contributed by atoms with Crippen LogP contribution in [0.4, 0.5) is 0 Å². The van der Waals surface area contributed by atoms with Crippen molar-refractivity contribution >= 4 is 17.5 Å². The summed E-state index contributed by atoms with van der Waals surface area (Å²) in [6, 6.07) is 13.5. The first-order chi connectivity index (χ1) is 16.1. The van der Waals surface area contributed by atoms with Gasteiger partial charge in [-0.3, -0.25) is 19.3 Å². The number of ether oxygens (including phenoxy) is 1. The molecular formula is C27H30N2O4. The fourth-order valence-corrected chi connectivity index (χ4v) is 5.18. The van der Waals surface area contributed by atoms with Crippen LogP contribution in [0, 0.1) is 0 Å². The summed E-state index contributed by atoms with van der Waals surface area (Å²) in [6.07, 6.45) is 4.63. The van der Waals surface area contributed by atoms with E-state index in [2.05, 4.69) is 29.2 Å². The third-order valence-electron chi connectivity index (χ3n) is 7.04. The van der Waals surface area contributed by atoms with E-state index >= 15 is 0 Å². The molecule has 0 N–H and O–H groups in total. The van der Waals surface area contributed by atoms with Gasteiger partial charge in [0.05, 0.1) is 19.0 Å². The lowest BCUT2D eigenvalue weighted by atomic mass is 9.92. The summed E-state index contributed by atoms with van der Waals surface area (Å²) in [5.41, 5.74) is 3.82. The first-order valence-corrected chi connectivity index (χ1v) is 12.0. The molecule has 2 fully saturated rings. The molecule has 1 amide bonds. The Morgan fingerprint density at radius 2 is 1.67 bits per heavy atom. The van der Waals surface area contributed by atoms with E-state index in [0.29, 0.717) is 37.3 Å². The highest BCUT2D eigenvalue weighted by atomic mass is 16.5. The zero-order valence-corrected chi connectivity index (χ0v) is 18.9. The van der Waals surface area contributed by atoms with Crippen LogP contribution in [0.2, 0.25) is 0 Å². The summed E-state index contributed by atoms with van der Waals surface area (Å²) >= 11 is 0. The number of piperidine rings is 1. The quantitative estimate of drug-likeness (QED) is 0.630. The molecule has 3 aliphatic rings. The summed E-state index contributed by atoms with van der Waals surface area (Å²) in [7, 11) is 0. The molecule has 0 spiro atoms. The molecule has 33 heavy (non-hydrogen) atoms. The van der Waals surface area contributed by atoms with Gasteiger partial charge >= 0.3 is 0 Å². The summed E-state index contributed by atoms with van der Waals surface area (Å²) in [5.74, 6) is 0.344. The molecule has 0 aromatic heterocycles. The van der Waals surface area contributed by atoms with E-state index in [1.54, 1.807) is 11.0 Å². The Morgan fingerprint density at radius 3 is 2.42 bits per heavy atom. The van der Waals surface area contributed by atoms with Gasteiger partial charge in [-0.2, -0.15) is 0 Å². The van der Waals surface area contributed by atoms with E-state index in [1.807, 2.05) is 12.1 Å². The van der Waals surface area contributed by atoms with Crippen molar-refractivity contribution in [1.82, 2.24) is 9.80 Å². The van der Waals surface area contributed by atoms with Crippen LogP contribution >= 0.6 is 0 Å². The van der Waals surface area contributed by atoms with Crippen LogP contribution in [-0.2, 0) is 29.3 Å². The predicted octanol–water partition coefficient (Wildman–Crippen LogP) is 3.90. The first-order valence-electron chi connectivity index (χ1n) is 12.0. The van der Waals surface area contributed by atoms with Crippen LogP contribution in [0.5, 0.6) is 5.75 Å². The molecule has 2 aromatic carbocycles. The maximum absolute atomic E-state index is 13.0. The number of hydrogen-bond acceptors (Lipinski definition) is 5. The predicted molar refractivity (Wildman–Crippen MR) is 124 cm³/mol. The number of nitrogens with zero attached hydrogens (tertiary/aromatic N) is 2. The van der Waals surface area contributed by atoms with Gasteiger partial charge < -0.3 is 9.64 Å². The number of fused-ring (bicyclic) bond motifs is 1. The Kier molecular flexibility index (Phi) is 6.27. The molecular weight excluding hydrogens is 416 g/mol. The van der Waals surface area contributed by atoms with Crippen LogP contribution in [0.25, 0.3) is 0 Å². The highest BCUT2D eigenvalue weighted by Crippen LogP contribution is 2.34. The van der Waals surface area contributed by atoms with Crippen molar-refractivity contribution in [2.24, 2.45) is 0 Å². The summed E-state index contributed by atoms with van der Waals surface area (Å²) in [5, 5.41) is 0. The molecule has 0 bridgehead atoms. The Morgan fingerprint density at radius 1 is 0.909 bits per heavy atom. The van der Waals surface area contributed by atoms with Crippen molar-refractivity contribution in [3.63, 3.8) is 0 Å². The van der Waals surface area contributed by atoms with Gasteiger partial charge in [-0.05, 0) is 55.6 Å². The molecule has 2 aromatic rings. The number of likely N-dealkylation sites (tertiary alicyclic amines) is 1. The number of rotatable bonds is 6. The van der Waals surface area contributed by atoms with Gasteiger partial charge in [0.1, 0.15) is 18.1 Å². The van der Waals surface area contributed by atoms with Gasteiger partial charge in [-0.15, -0.1) is 0 Å². The van der Waals surface area contributed by atoms with Crippen LogP contribution in [0.3, 0.4) is 0 Å². The van der Waals surface area contributed by atoms with E-state index in [4.69, 9.17) is 4.74 Å². The van der Waals surface area contributed by atoms with Gasteiger partial charge in [-0.1, -0.05) is 36.8 Å². The maximum atomic E-state index is 13.0. The highest BCUT2D eigenvalue weighted by Gasteiger charge is 2.39. The summed E-state index contributed by atoms with van der Waals surface area (Å²) in [6.45, 7) is 4.14. The number of amides is 1. The van der Waals surface area contributed by atoms with Crippen molar-refractivity contribution in [1.29, 1.82) is 0 Å². The molecule has 1 saturated carbocycles. The largest absolute Gasteiger partial charge is 0.489 e. The second kappa shape index (κ2) is 9.48. The van der Waals surface area contributed by atoms with E-state index in [0.717, 1.165) is 17.7 Å². The van der Waals surface area contributed by atoms with E-state index in [1.165, 1.54) is 37.9 Å². The molecule has 5 rings (SSSR count). The van der Waals surface area contributed by atoms with Crippen molar-refractivity contribution in [3.05, 3.63) is 64.7 Å². The highest BCUT2D eigenvalue weighted by molar-refractivity contribution is 6.07. The summed E-state index contributed by atoms with van der Waals surface area (Å²) < 4.78 is 6.12. The van der Waals surface area contributed by atoms with Crippen molar-refractivity contribution in [2.75, 3.05) is 13.1 Å². The molecule has 172 valence electrons. The van der Waals surface area contributed by atoms with E-state index in [9.17, 15) is 14.4 Å². The van der Waals surface area contributed by atoms with Crippen molar-refractivity contribution < 1.29 is 19.1 Å².